The van der Waals surface area contributed by atoms with E-state index in [0.717, 1.165) is 18.7 Å². The summed E-state index contributed by atoms with van der Waals surface area (Å²) in [7, 11) is 1.97. The van der Waals surface area contributed by atoms with Gasteiger partial charge in [0.15, 0.2) is 0 Å². The lowest BCUT2D eigenvalue weighted by atomic mass is 10.1. The molecule has 0 atom stereocenters. The molecule has 0 heterocycles. The fourth-order valence-electron chi connectivity index (χ4n) is 1.95. The van der Waals surface area contributed by atoms with E-state index in [1.165, 1.54) is 21.6 Å². The van der Waals surface area contributed by atoms with Crippen molar-refractivity contribution in [2.75, 3.05) is 7.05 Å². The van der Waals surface area contributed by atoms with Gasteiger partial charge < -0.3 is 5.32 Å². The number of hydrogen-bond donors (Lipinski definition) is 1. The zero-order valence-electron chi connectivity index (χ0n) is 11.6. The molecule has 0 aliphatic rings. The van der Waals surface area contributed by atoms with Crippen LogP contribution >= 0.6 is 11.8 Å². The average molecular weight is 271 g/mol. The molecule has 0 aliphatic heterocycles. The lowest BCUT2D eigenvalue weighted by Gasteiger charge is -2.05. The second-order valence-corrected chi connectivity index (χ2v) is 5.68. The third-order valence-electron chi connectivity index (χ3n) is 3.14. The Hall–Kier alpha value is -1.25. The largest absolute Gasteiger partial charge is 0.316 e. The molecule has 0 saturated carbocycles. The Kier molecular flexibility index (Phi) is 5.49. The molecule has 2 aromatic rings. The number of hydrogen-bond acceptors (Lipinski definition) is 2. The van der Waals surface area contributed by atoms with Crippen molar-refractivity contribution in [2.45, 2.75) is 30.5 Å². The summed E-state index contributed by atoms with van der Waals surface area (Å²) in [5.41, 5.74) is 4.13. The van der Waals surface area contributed by atoms with E-state index in [2.05, 4.69) is 60.8 Å². The summed E-state index contributed by atoms with van der Waals surface area (Å²) in [4.78, 5) is 1.33. The maximum Gasteiger partial charge on any atom is 0.0231 e. The van der Waals surface area contributed by atoms with Gasteiger partial charge in [-0.2, -0.15) is 0 Å². The van der Waals surface area contributed by atoms with Gasteiger partial charge in [-0.3, -0.25) is 0 Å². The van der Waals surface area contributed by atoms with Crippen LogP contribution in [0.2, 0.25) is 0 Å². The van der Waals surface area contributed by atoms with Crippen molar-refractivity contribution in [2.24, 2.45) is 0 Å². The highest BCUT2D eigenvalue weighted by molar-refractivity contribution is 7.98. The van der Waals surface area contributed by atoms with Gasteiger partial charge in [-0.05, 0) is 42.3 Å². The summed E-state index contributed by atoms with van der Waals surface area (Å²) in [5.74, 6) is 1.04. The molecule has 1 N–H and O–H groups in total. The Morgan fingerprint density at radius 1 is 0.842 bits per heavy atom. The third kappa shape index (κ3) is 4.41. The standard InChI is InChI=1S/C17H21NS/c1-3-14-4-6-16(7-5-14)13-19-17-10-8-15(9-11-17)12-18-2/h4-11,18H,3,12-13H2,1-2H3. The Bertz CT molecular complexity index is 488. The van der Waals surface area contributed by atoms with Crippen LogP contribution in [-0.2, 0) is 18.7 Å². The Balaban J connectivity index is 1.90. The molecule has 2 heteroatoms. The molecule has 2 rings (SSSR count). The predicted octanol–water partition coefficient (Wildman–Crippen LogP) is 4.26. The topological polar surface area (TPSA) is 12.0 Å². The van der Waals surface area contributed by atoms with Crippen molar-refractivity contribution < 1.29 is 0 Å². The van der Waals surface area contributed by atoms with Gasteiger partial charge in [-0.15, -0.1) is 11.8 Å². The quantitative estimate of drug-likeness (QED) is 0.788. The number of benzene rings is 2. The second kappa shape index (κ2) is 7.37. The molecule has 100 valence electrons. The smallest absolute Gasteiger partial charge is 0.0231 e. The Labute approximate surface area is 120 Å². The zero-order valence-corrected chi connectivity index (χ0v) is 12.5. The van der Waals surface area contributed by atoms with Gasteiger partial charge in [0.2, 0.25) is 0 Å². The normalized spacial score (nSPS) is 10.6. The van der Waals surface area contributed by atoms with Gasteiger partial charge in [0, 0.05) is 17.2 Å². The first-order valence-electron chi connectivity index (χ1n) is 6.76. The maximum atomic E-state index is 3.17. The van der Waals surface area contributed by atoms with Crippen LogP contribution in [0.1, 0.15) is 23.6 Å². The van der Waals surface area contributed by atoms with Crippen LogP contribution in [0.25, 0.3) is 0 Å². The van der Waals surface area contributed by atoms with Crippen molar-refractivity contribution in [3.8, 4) is 0 Å². The molecule has 0 aromatic heterocycles. The SMILES string of the molecule is CCc1ccc(CSc2ccc(CNC)cc2)cc1. The average Bonchev–Trinajstić information content (AvgIpc) is 2.47. The number of rotatable bonds is 6. The summed E-state index contributed by atoms with van der Waals surface area (Å²) < 4.78 is 0. The zero-order chi connectivity index (χ0) is 13.5. The summed E-state index contributed by atoms with van der Waals surface area (Å²) in [6.45, 7) is 3.12. The number of aryl methyl sites for hydroxylation is 1. The summed E-state index contributed by atoms with van der Waals surface area (Å²) >= 11 is 1.89. The van der Waals surface area contributed by atoms with Crippen molar-refractivity contribution in [3.63, 3.8) is 0 Å². The monoisotopic (exact) mass is 271 g/mol. The van der Waals surface area contributed by atoms with Crippen molar-refractivity contribution in [1.29, 1.82) is 0 Å². The van der Waals surface area contributed by atoms with Crippen LogP contribution in [0.15, 0.2) is 53.4 Å². The van der Waals surface area contributed by atoms with E-state index in [1.807, 2.05) is 18.8 Å². The summed E-state index contributed by atoms with van der Waals surface area (Å²) in [5, 5.41) is 3.17. The summed E-state index contributed by atoms with van der Waals surface area (Å²) in [6.07, 6.45) is 1.11. The van der Waals surface area contributed by atoms with E-state index in [0.29, 0.717) is 0 Å². The summed E-state index contributed by atoms with van der Waals surface area (Å²) in [6, 6.07) is 17.7. The number of thioether (sulfide) groups is 1. The predicted molar refractivity (Wildman–Crippen MR) is 84.6 cm³/mol. The van der Waals surface area contributed by atoms with Crippen molar-refractivity contribution >= 4 is 11.8 Å². The van der Waals surface area contributed by atoms with Gasteiger partial charge in [0.1, 0.15) is 0 Å². The minimum Gasteiger partial charge on any atom is -0.316 e. The molecule has 0 spiro atoms. The first-order valence-corrected chi connectivity index (χ1v) is 7.74. The molecule has 0 bridgehead atoms. The van der Waals surface area contributed by atoms with Crippen LogP contribution in [0, 0.1) is 0 Å². The lowest BCUT2D eigenvalue weighted by Crippen LogP contribution is -2.04. The van der Waals surface area contributed by atoms with Gasteiger partial charge >= 0.3 is 0 Å². The molecule has 0 fully saturated rings. The van der Waals surface area contributed by atoms with E-state index in [9.17, 15) is 0 Å². The second-order valence-electron chi connectivity index (χ2n) is 4.63. The van der Waals surface area contributed by atoms with Crippen LogP contribution < -0.4 is 5.32 Å². The minimum atomic E-state index is 0.934. The maximum absolute atomic E-state index is 3.17. The van der Waals surface area contributed by atoms with Crippen LogP contribution in [0.5, 0.6) is 0 Å². The van der Waals surface area contributed by atoms with Gasteiger partial charge in [0.05, 0.1) is 0 Å². The Morgan fingerprint density at radius 3 is 2.00 bits per heavy atom. The van der Waals surface area contributed by atoms with E-state index >= 15 is 0 Å². The molecule has 2 aromatic carbocycles. The van der Waals surface area contributed by atoms with E-state index in [1.54, 1.807) is 0 Å². The van der Waals surface area contributed by atoms with E-state index in [-0.39, 0.29) is 0 Å². The fraction of sp³-hybridized carbons (Fsp3) is 0.294. The van der Waals surface area contributed by atoms with Gasteiger partial charge in [0.25, 0.3) is 0 Å². The van der Waals surface area contributed by atoms with Crippen molar-refractivity contribution in [3.05, 3.63) is 65.2 Å². The van der Waals surface area contributed by atoms with Crippen LogP contribution in [0.4, 0.5) is 0 Å². The number of nitrogens with one attached hydrogen (secondary N) is 1. The molecule has 0 aliphatic carbocycles. The first kappa shape index (κ1) is 14.2. The van der Waals surface area contributed by atoms with Gasteiger partial charge in [-0.25, -0.2) is 0 Å². The third-order valence-corrected chi connectivity index (χ3v) is 4.22. The first-order chi connectivity index (χ1) is 9.31. The molecule has 0 saturated heterocycles. The van der Waals surface area contributed by atoms with Gasteiger partial charge in [-0.1, -0.05) is 43.3 Å². The highest BCUT2D eigenvalue weighted by Gasteiger charge is 1.98. The van der Waals surface area contributed by atoms with E-state index < -0.39 is 0 Å². The van der Waals surface area contributed by atoms with Crippen LogP contribution in [0.3, 0.4) is 0 Å². The minimum absolute atomic E-state index is 0.934. The fourth-order valence-corrected chi connectivity index (χ4v) is 2.80. The molecule has 1 nitrogen and oxygen atoms in total. The molecule has 19 heavy (non-hydrogen) atoms. The highest BCUT2D eigenvalue weighted by atomic mass is 32.2. The molecule has 0 unspecified atom stereocenters. The molecule has 0 amide bonds. The molecular weight excluding hydrogens is 250 g/mol. The highest BCUT2D eigenvalue weighted by Crippen LogP contribution is 2.23. The van der Waals surface area contributed by atoms with Crippen LogP contribution in [-0.4, -0.2) is 7.05 Å². The molecular formula is C17H21NS. The van der Waals surface area contributed by atoms with E-state index in [4.69, 9.17) is 0 Å². The van der Waals surface area contributed by atoms with Crippen molar-refractivity contribution in [1.82, 2.24) is 5.32 Å². The molecule has 0 radical (unpaired) electrons. The Morgan fingerprint density at radius 2 is 1.42 bits per heavy atom. The lowest BCUT2D eigenvalue weighted by molar-refractivity contribution is 0.817.